The van der Waals surface area contributed by atoms with E-state index in [1.165, 1.54) is 0 Å². The highest BCUT2D eigenvalue weighted by Crippen LogP contribution is 2.28. The van der Waals surface area contributed by atoms with Gasteiger partial charge in [0.1, 0.15) is 0 Å². The fourth-order valence-electron chi connectivity index (χ4n) is 3.00. The number of aromatic nitrogens is 1. The Labute approximate surface area is 124 Å². The van der Waals surface area contributed by atoms with Crippen molar-refractivity contribution in [2.75, 3.05) is 6.61 Å². The third-order valence-corrected chi connectivity index (χ3v) is 5.68. The molecule has 1 aromatic carbocycles. The van der Waals surface area contributed by atoms with Crippen molar-refractivity contribution in [1.82, 2.24) is 9.71 Å². The van der Waals surface area contributed by atoms with Crippen LogP contribution in [0.4, 0.5) is 0 Å². The number of fused-ring (bicyclic) bond motifs is 1. The van der Waals surface area contributed by atoms with Gasteiger partial charge in [-0.3, -0.25) is 4.98 Å². The summed E-state index contributed by atoms with van der Waals surface area (Å²) in [6.07, 6.45) is 5.83. The minimum absolute atomic E-state index is 0.0106. The number of rotatable bonds is 4. The van der Waals surface area contributed by atoms with Gasteiger partial charge in [-0.25, -0.2) is 13.1 Å². The number of nitrogens with zero attached hydrogens (tertiary/aromatic N) is 1. The second-order valence-electron chi connectivity index (χ2n) is 5.45. The normalized spacial score (nSPS) is 22.7. The lowest BCUT2D eigenvalue weighted by Crippen LogP contribution is -2.38. The van der Waals surface area contributed by atoms with Crippen LogP contribution in [0.2, 0.25) is 0 Å². The molecule has 0 aliphatic heterocycles. The summed E-state index contributed by atoms with van der Waals surface area (Å²) >= 11 is 0. The Hall–Kier alpha value is -1.50. The summed E-state index contributed by atoms with van der Waals surface area (Å²) in [5.41, 5.74) is 0. The van der Waals surface area contributed by atoms with Crippen LogP contribution in [0.3, 0.4) is 0 Å². The molecule has 1 heterocycles. The van der Waals surface area contributed by atoms with Gasteiger partial charge in [-0.15, -0.1) is 0 Å². The van der Waals surface area contributed by atoms with Crippen molar-refractivity contribution in [3.8, 4) is 0 Å². The van der Waals surface area contributed by atoms with E-state index >= 15 is 0 Å². The molecule has 21 heavy (non-hydrogen) atoms. The average Bonchev–Trinajstić information content (AvgIpc) is 2.93. The fraction of sp³-hybridized carbons (Fsp3) is 0.400. The maximum Gasteiger partial charge on any atom is 0.241 e. The Morgan fingerprint density at radius 2 is 2.14 bits per heavy atom. The number of sulfonamides is 1. The number of hydrogen-bond donors (Lipinski definition) is 2. The number of benzene rings is 1. The first-order valence-electron chi connectivity index (χ1n) is 7.08. The molecule has 5 nitrogen and oxygen atoms in total. The second-order valence-corrected chi connectivity index (χ2v) is 7.14. The van der Waals surface area contributed by atoms with Crippen molar-refractivity contribution in [2.45, 2.75) is 30.2 Å². The molecule has 0 amide bonds. The minimum atomic E-state index is -3.60. The van der Waals surface area contributed by atoms with Crippen LogP contribution in [0.25, 0.3) is 10.8 Å². The quantitative estimate of drug-likeness (QED) is 0.900. The summed E-state index contributed by atoms with van der Waals surface area (Å²) in [6, 6.07) is 6.69. The van der Waals surface area contributed by atoms with Crippen LogP contribution in [-0.4, -0.2) is 31.2 Å². The molecule has 1 fully saturated rings. The summed E-state index contributed by atoms with van der Waals surface area (Å²) in [4.78, 5) is 4.29. The number of aliphatic hydroxyl groups excluding tert-OH is 1. The van der Waals surface area contributed by atoms with E-state index in [-0.39, 0.29) is 23.5 Å². The van der Waals surface area contributed by atoms with Crippen molar-refractivity contribution in [2.24, 2.45) is 5.92 Å². The number of nitrogens with one attached hydrogen (secondary N) is 1. The van der Waals surface area contributed by atoms with Gasteiger partial charge in [0.15, 0.2) is 0 Å². The standard InChI is InChI=1S/C15H18N2O3S/c18-10-12-4-1-5-14(12)17-21(19,20)15-6-2-3-11-9-16-8-7-13(11)15/h2-3,6-9,12,14,17-18H,1,4-5,10H2. The van der Waals surface area contributed by atoms with Gasteiger partial charge in [-0.2, -0.15) is 0 Å². The number of aliphatic hydroxyl groups is 1. The van der Waals surface area contributed by atoms with E-state index in [1.807, 2.05) is 6.07 Å². The zero-order chi connectivity index (χ0) is 14.9. The first kappa shape index (κ1) is 14.4. The Kier molecular flexibility index (Phi) is 3.93. The minimum Gasteiger partial charge on any atom is -0.396 e. The summed E-state index contributed by atoms with van der Waals surface area (Å²) in [6.45, 7) is 0.0205. The predicted octanol–water partition coefficient (Wildman–Crippen LogP) is 1.67. The molecule has 0 bridgehead atoms. The van der Waals surface area contributed by atoms with Crippen LogP contribution < -0.4 is 4.72 Å². The highest BCUT2D eigenvalue weighted by atomic mass is 32.2. The van der Waals surface area contributed by atoms with Crippen molar-refractivity contribution < 1.29 is 13.5 Å². The smallest absolute Gasteiger partial charge is 0.241 e. The first-order chi connectivity index (χ1) is 10.1. The van der Waals surface area contributed by atoms with Crippen molar-refractivity contribution in [1.29, 1.82) is 0 Å². The van der Waals surface area contributed by atoms with E-state index in [4.69, 9.17) is 0 Å². The third-order valence-electron chi connectivity index (χ3n) is 4.13. The Morgan fingerprint density at radius 1 is 1.29 bits per heavy atom. The lowest BCUT2D eigenvalue weighted by atomic mass is 10.1. The summed E-state index contributed by atoms with van der Waals surface area (Å²) in [5.74, 6) is 0.0106. The topological polar surface area (TPSA) is 79.3 Å². The van der Waals surface area contributed by atoms with Gasteiger partial charge in [0.25, 0.3) is 0 Å². The molecule has 0 spiro atoms. The summed E-state index contributed by atoms with van der Waals surface area (Å²) in [7, 11) is -3.60. The number of hydrogen-bond acceptors (Lipinski definition) is 4. The molecule has 1 aliphatic rings. The molecule has 2 aromatic rings. The van der Waals surface area contributed by atoms with Crippen LogP contribution in [0.5, 0.6) is 0 Å². The Morgan fingerprint density at radius 3 is 2.95 bits per heavy atom. The molecule has 0 saturated heterocycles. The summed E-state index contributed by atoms with van der Waals surface area (Å²) < 4.78 is 28.1. The van der Waals surface area contributed by atoms with Crippen molar-refractivity contribution >= 4 is 20.8 Å². The van der Waals surface area contributed by atoms with Crippen LogP contribution in [0, 0.1) is 5.92 Å². The van der Waals surface area contributed by atoms with Gasteiger partial charge in [0.2, 0.25) is 10.0 Å². The maximum atomic E-state index is 12.7. The van der Waals surface area contributed by atoms with Crippen molar-refractivity contribution in [3.05, 3.63) is 36.7 Å². The molecule has 1 aliphatic carbocycles. The van der Waals surface area contributed by atoms with Crippen LogP contribution >= 0.6 is 0 Å². The molecule has 3 rings (SSSR count). The zero-order valence-corrected chi connectivity index (χ0v) is 12.4. The molecular formula is C15H18N2O3S. The third kappa shape index (κ3) is 2.79. The number of pyridine rings is 1. The molecule has 1 aromatic heterocycles. The molecule has 1 saturated carbocycles. The highest BCUT2D eigenvalue weighted by Gasteiger charge is 2.31. The lowest BCUT2D eigenvalue weighted by Gasteiger charge is -2.19. The van der Waals surface area contributed by atoms with Gasteiger partial charge in [0, 0.05) is 35.8 Å². The van der Waals surface area contributed by atoms with E-state index in [0.29, 0.717) is 5.39 Å². The predicted molar refractivity (Wildman–Crippen MR) is 80.3 cm³/mol. The van der Waals surface area contributed by atoms with Crippen LogP contribution in [0.1, 0.15) is 19.3 Å². The van der Waals surface area contributed by atoms with Crippen LogP contribution in [-0.2, 0) is 10.0 Å². The van der Waals surface area contributed by atoms with E-state index < -0.39 is 10.0 Å². The zero-order valence-electron chi connectivity index (χ0n) is 11.6. The second kappa shape index (κ2) is 5.71. The van der Waals surface area contributed by atoms with Gasteiger partial charge in [-0.05, 0) is 30.9 Å². The van der Waals surface area contributed by atoms with Gasteiger partial charge in [-0.1, -0.05) is 18.6 Å². The summed E-state index contributed by atoms with van der Waals surface area (Å²) in [5, 5.41) is 10.8. The lowest BCUT2D eigenvalue weighted by molar-refractivity contribution is 0.213. The van der Waals surface area contributed by atoms with Gasteiger partial charge < -0.3 is 5.11 Å². The largest absolute Gasteiger partial charge is 0.396 e. The Bertz CT molecular complexity index is 740. The fourth-order valence-corrected chi connectivity index (χ4v) is 4.57. The molecule has 2 unspecified atom stereocenters. The van der Waals surface area contributed by atoms with E-state index in [0.717, 1.165) is 24.6 Å². The average molecular weight is 306 g/mol. The van der Waals surface area contributed by atoms with E-state index in [1.54, 1.807) is 30.6 Å². The maximum absolute atomic E-state index is 12.7. The van der Waals surface area contributed by atoms with Crippen LogP contribution in [0.15, 0.2) is 41.6 Å². The van der Waals surface area contributed by atoms with E-state index in [2.05, 4.69) is 9.71 Å². The molecular weight excluding hydrogens is 288 g/mol. The van der Waals surface area contributed by atoms with E-state index in [9.17, 15) is 13.5 Å². The molecule has 112 valence electrons. The highest BCUT2D eigenvalue weighted by molar-refractivity contribution is 7.89. The molecule has 0 radical (unpaired) electrons. The first-order valence-corrected chi connectivity index (χ1v) is 8.56. The molecule has 6 heteroatoms. The van der Waals surface area contributed by atoms with Gasteiger partial charge >= 0.3 is 0 Å². The monoisotopic (exact) mass is 306 g/mol. The van der Waals surface area contributed by atoms with Gasteiger partial charge in [0.05, 0.1) is 4.90 Å². The molecule has 2 atom stereocenters. The SMILES string of the molecule is O=S(=O)(NC1CCCC1CO)c1cccc2cnccc12. The molecule has 2 N–H and O–H groups in total. The van der Waals surface area contributed by atoms with Crippen molar-refractivity contribution in [3.63, 3.8) is 0 Å². The Balaban J connectivity index is 1.97.